The summed E-state index contributed by atoms with van der Waals surface area (Å²) in [5.41, 5.74) is 4.90. The molecule has 1 heterocycles. The van der Waals surface area contributed by atoms with Gasteiger partial charge in [0, 0.05) is 32.3 Å². The summed E-state index contributed by atoms with van der Waals surface area (Å²) < 4.78 is 10.9. The van der Waals surface area contributed by atoms with Crippen LogP contribution in [0, 0.1) is 13.8 Å². The van der Waals surface area contributed by atoms with Crippen molar-refractivity contribution in [2.45, 2.75) is 52.1 Å². The van der Waals surface area contributed by atoms with Crippen LogP contribution < -0.4 is 10.1 Å². The molecule has 1 aliphatic heterocycles. The smallest absolute Gasteiger partial charge is 0.224 e. The first-order valence-electron chi connectivity index (χ1n) is 11.3. The molecule has 1 aliphatic rings. The Hall–Kier alpha value is -2.37. The highest BCUT2D eigenvalue weighted by Crippen LogP contribution is 2.32. The van der Waals surface area contributed by atoms with Gasteiger partial charge in [0.05, 0.1) is 13.0 Å². The maximum Gasteiger partial charge on any atom is 0.224 e. The monoisotopic (exact) mass is 424 g/mol. The van der Waals surface area contributed by atoms with Crippen molar-refractivity contribution in [2.24, 2.45) is 0 Å². The molecule has 0 aliphatic carbocycles. The molecule has 1 fully saturated rings. The van der Waals surface area contributed by atoms with Gasteiger partial charge in [-0.1, -0.05) is 36.4 Å². The number of amides is 1. The van der Waals surface area contributed by atoms with Gasteiger partial charge >= 0.3 is 0 Å². The van der Waals surface area contributed by atoms with Crippen LogP contribution in [0.5, 0.6) is 5.75 Å². The Kier molecular flexibility index (Phi) is 8.50. The van der Waals surface area contributed by atoms with E-state index in [2.05, 4.69) is 43.1 Å². The number of nitrogens with zero attached hydrogens (tertiary/aromatic N) is 1. The van der Waals surface area contributed by atoms with Crippen molar-refractivity contribution in [2.75, 3.05) is 33.4 Å². The maximum absolute atomic E-state index is 12.4. The van der Waals surface area contributed by atoms with E-state index in [0.717, 1.165) is 37.2 Å². The Morgan fingerprint density at radius 2 is 1.77 bits per heavy atom. The average Bonchev–Trinajstić information content (AvgIpc) is 2.77. The minimum atomic E-state index is 0.119. The van der Waals surface area contributed by atoms with E-state index in [1.165, 1.54) is 16.7 Å². The van der Waals surface area contributed by atoms with E-state index >= 15 is 0 Å². The van der Waals surface area contributed by atoms with Crippen molar-refractivity contribution in [3.05, 3.63) is 64.7 Å². The molecule has 2 aromatic carbocycles. The molecule has 1 N–H and O–H groups in total. The Labute approximate surface area is 186 Å². The lowest BCUT2D eigenvalue weighted by atomic mass is 9.94. The maximum atomic E-state index is 12.4. The molecule has 0 radical (unpaired) electrons. The fourth-order valence-electron chi connectivity index (χ4n) is 4.35. The number of methoxy groups -OCH3 is 1. The van der Waals surface area contributed by atoms with Gasteiger partial charge in [-0.05, 0) is 61.9 Å². The Balaban J connectivity index is 1.52. The molecular weight excluding hydrogens is 388 g/mol. The van der Waals surface area contributed by atoms with Gasteiger partial charge in [-0.15, -0.1) is 0 Å². The summed E-state index contributed by atoms with van der Waals surface area (Å²) in [6.07, 6.45) is 2.43. The molecule has 0 spiro atoms. The lowest BCUT2D eigenvalue weighted by Crippen LogP contribution is -2.45. The van der Waals surface area contributed by atoms with Crippen LogP contribution in [-0.4, -0.2) is 50.3 Å². The van der Waals surface area contributed by atoms with E-state index in [1.807, 2.05) is 30.3 Å². The van der Waals surface area contributed by atoms with Gasteiger partial charge in [-0.3, -0.25) is 9.69 Å². The molecule has 1 saturated heterocycles. The van der Waals surface area contributed by atoms with Crippen LogP contribution in [0.25, 0.3) is 0 Å². The van der Waals surface area contributed by atoms with Gasteiger partial charge < -0.3 is 14.8 Å². The van der Waals surface area contributed by atoms with Crippen molar-refractivity contribution in [3.63, 3.8) is 0 Å². The molecule has 1 unspecified atom stereocenters. The molecule has 0 bridgehead atoms. The third-order valence-corrected chi connectivity index (χ3v) is 6.42. The molecule has 1 amide bonds. The van der Waals surface area contributed by atoms with Crippen LogP contribution in [0.2, 0.25) is 0 Å². The second-order valence-electron chi connectivity index (χ2n) is 8.46. The highest BCUT2D eigenvalue weighted by atomic mass is 16.5. The zero-order valence-corrected chi connectivity index (χ0v) is 19.3. The van der Waals surface area contributed by atoms with Crippen molar-refractivity contribution in [1.29, 1.82) is 0 Å². The number of nitrogens with one attached hydrogen (secondary N) is 1. The van der Waals surface area contributed by atoms with Crippen LogP contribution in [0.3, 0.4) is 0 Å². The summed E-state index contributed by atoms with van der Waals surface area (Å²) in [5, 5.41) is 3.23. The minimum Gasteiger partial charge on any atom is -0.491 e. The fraction of sp³-hybridized carbons (Fsp3) is 0.500. The van der Waals surface area contributed by atoms with Gasteiger partial charge in [0.1, 0.15) is 12.4 Å². The zero-order chi connectivity index (χ0) is 22.2. The van der Waals surface area contributed by atoms with Crippen LogP contribution in [0.4, 0.5) is 0 Å². The number of carbonyl (C=O) groups excluding carboxylic acids is 1. The number of benzene rings is 2. The quantitative estimate of drug-likeness (QED) is 0.613. The van der Waals surface area contributed by atoms with Crippen molar-refractivity contribution in [1.82, 2.24) is 10.2 Å². The Morgan fingerprint density at radius 1 is 1.06 bits per heavy atom. The fourth-order valence-corrected chi connectivity index (χ4v) is 4.35. The molecule has 168 valence electrons. The topological polar surface area (TPSA) is 50.8 Å². The number of likely N-dealkylation sites (tertiary alicyclic amines) is 1. The lowest BCUT2D eigenvalue weighted by molar-refractivity contribution is -0.121. The summed E-state index contributed by atoms with van der Waals surface area (Å²) in [6.45, 7) is 9.72. The van der Waals surface area contributed by atoms with E-state index < -0.39 is 0 Å². The first kappa shape index (κ1) is 23.3. The van der Waals surface area contributed by atoms with Crippen molar-refractivity contribution < 1.29 is 14.3 Å². The molecule has 31 heavy (non-hydrogen) atoms. The van der Waals surface area contributed by atoms with Crippen LogP contribution in [0.1, 0.15) is 48.1 Å². The number of carbonyl (C=O) groups is 1. The SMILES string of the molecule is COCCOc1ccc(C(C)N2CCC(NC(=O)Cc3ccccc3)CC2)c(C)c1C. The summed E-state index contributed by atoms with van der Waals surface area (Å²) in [5.74, 6) is 1.05. The van der Waals surface area contributed by atoms with Gasteiger partial charge in [0.2, 0.25) is 5.91 Å². The molecule has 3 rings (SSSR count). The summed E-state index contributed by atoms with van der Waals surface area (Å²) in [7, 11) is 1.68. The normalized spacial score (nSPS) is 16.1. The predicted octanol–water partition coefficient (Wildman–Crippen LogP) is 4.21. The van der Waals surface area contributed by atoms with Gasteiger partial charge in [-0.25, -0.2) is 0 Å². The van der Waals surface area contributed by atoms with Crippen molar-refractivity contribution in [3.8, 4) is 5.75 Å². The Morgan fingerprint density at radius 3 is 2.45 bits per heavy atom. The minimum absolute atomic E-state index is 0.119. The molecule has 0 aromatic heterocycles. The molecule has 1 atom stereocenters. The number of hydrogen-bond acceptors (Lipinski definition) is 4. The summed E-state index contributed by atoms with van der Waals surface area (Å²) in [6, 6.07) is 14.8. The highest BCUT2D eigenvalue weighted by molar-refractivity contribution is 5.78. The van der Waals surface area contributed by atoms with Gasteiger partial charge in [0.15, 0.2) is 0 Å². The van der Waals surface area contributed by atoms with E-state index in [-0.39, 0.29) is 11.9 Å². The number of ether oxygens (including phenoxy) is 2. The first-order valence-corrected chi connectivity index (χ1v) is 11.3. The molecular formula is C26H36N2O3. The van der Waals surface area contributed by atoms with Crippen LogP contribution in [-0.2, 0) is 16.0 Å². The average molecular weight is 425 g/mol. The zero-order valence-electron chi connectivity index (χ0n) is 19.3. The molecule has 0 saturated carbocycles. The first-order chi connectivity index (χ1) is 15.0. The third-order valence-electron chi connectivity index (χ3n) is 6.42. The number of piperidine rings is 1. The largest absolute Gasteiger partial charge is 0.491 e. The Bertz CT molecular complexity index is 845. The number of rotatable bonds is 9. The van der Waals surface area contributed by atoms with Gasteiger partial charge in [0.25, 0.3) is 0 Å². The van der Waals surface area contributed by atoms with Crippen molar-refractivity contribution >= 4 is 5.91 Å². The second kappa shape index (κ2) is 11.3. The van der Waals surface area contributed by atoms with Crippen LogP contribution >= 0.6 is 0 Å². The standard InChI is InChI=1S/C26H36N2O3/c1-19-20(2)25(31-17-16-30-4)11-10-24(19)21(3)28-14-12-23(13-15-28)27-26(29)18-22-8-6-5-7-9-22/h5-11,21,23H,12-18H2,1-4H3,(H,27,29). The second-order valence-corrected chi connectivity index (χ2v) is 8.46. The molecule has 2 aromatic rings. The highest BCUT2D eigenvalue weighted by Gasteiger charge is 2.26. The van der Waals surface area contributed by atoms with Crippen LogP contribution in [0.15, 0.2) is 42.5 Å². The third kappa shape index (κ3) is 6.31. The van der Waals surface area contributed by atoms with E-state index in [4.69, 9.17) is 9.47 Å². The lowest BCUT2D eigenvalue weighted by Gasteiger charge is -2.37. The number of hydrogen-bond donors (Lipinski definition) is 1. The molecule has 5 heteroatoms. The van der Waals surface area contributed by atoms with Gasteiger partial charge in [-0.2, -0.15) is 0 Å². The van der Waals surface area contributed by atoms with E-state index in [0.29, 0.717) is 25.7 Å². The summed E-state index contributed by atoms with van der Waals surface area (Å²) >= 11 is 0. The van der Waals surface area contributed by atoms with E-state index in [1.54, 1.807) is 7.11 Å². The predicted molar refractivity (Wildman–Crippen MR) is 125 cm³/mol. The molecule has 5 nitrogen and oxygen atoms in total. The summed E-state index contributed by atoms with van der Waals surface area (Å²) in [4.78, 5) is 14.9. The van der Waals surface area contributed by atoms with E-state index in [9.17, 15) is 4.79 Å².